The van der Waals surface area contributed by atoms with Gasteiger partial charge in [0, 0.05) is 50.7 Å². The molecule has 1 amide bonds. The molecule has 0 aromatic rings. The zero-order valence-electron chi connectivity index (χ0n) is 12.7. The van der Waals surface area contributed by atoms with Gasteiger partial charge in [-0.1, -0.05) is 0 Å². The van der Waals surface area contributed by atoms with E-state index in [0.717, 1.165) is 52.3 Å². The number of amides is 1. The molecule has 20 heavy (non-hydrogen) atoms. The summed E-state index contributed by atoms with van der Waals surface area (Å²) in [5.74, 6) is 0.280. The van der Waals surface area contributed by atoms with Gasteiger partial charge in [-0.15, -0.1) is 0 Å². The Morgan fingerprint density at radius 1 is 1.30 bits per heavy atom. The Morgan fingerprint density at radius 2 is 2.00 bits per heavy atom. The third-order valence-electron chi connectivity index (χ3n) is 5.09. The normalized spacial score (nSPS) is 29.9. The average molecular weight is 281 g/mol. The fourth-order valence-electron chi connectivity index (χ4n) is 3.56. The van der Waals surface area contributed by atoms with Crippen molar-refractivity contribution in [3.05, 3.63) is 0 Å². The number of carbonyl (C=O) groups is 1. The van der Waals surface area contributed by atoms with E-state index in [0.29, 0.717) is 17.9 Å². The lowest BCUT2D eigenvalue weighted by atomic mass is 9.79. The lowest BCUT2D eigenvalue weighted by Gasteiger charge is -2.38. The molecule has 0 bridgehead atoms. The summed E-state index contributed by atoms with van der Waals surface area (Å²) in [5.41, 5.74) is 0.348. The quantitative estimate of drug-likeness (QED) is 0.808. The second-order valence-electron chi connectivity index (χ2n) is 6.96. The van der Waals surface area contributed by atoms with Gasteiger partial charge in [0.25, 0.3) is 0 Å². The molecule has 1 spiro atoms. The summed E-state index contributed by atoms with van der Waals surface area (Å²) in [5, 5.41) is 3.32. The first kappa shape index (κ1) is 14.3. The van der Waals surface area contributed by atoms with Crippen LogP contribution in [0.1, 0.15) is 26.7 Å². The van der Waals surface area contributed by atoms with Crippen LogP contribution in [-0.4, -0.2) is 73.7 Å². The zero-order valence-corrected chi connectivity index (χ0v) is 12.7. The van der Waals surface area contributed by atoms with E-state index >= 15 is 0 Å². The second kappa shape index (κ2) is 5.62. The summed E-state index contributed by atoms with van der Waals surface area (Å²) < 4.78 is 5.83. The maximum Gasteiger partial charge on any atom is 0.225 e. The predicted octanol–water partition coefficient (Wildman–Crippen LogP) is 0.308. The van der Waals surface area contributed by atoms with Crippen LogP contribution >= 0.6 is 0 Å². The van der Waals surface area contributed by atoms with Crippen LogP contribution < -0.4 is 5.32 Å². The molecule has 114 valence electrons. The fourth-order valence-corrected chi connectivity index (χ4v) is 3.56. The summed E-state index contributed by atoms with van der Waals surface area (Å²) in [4.78, 5) is 16.8. The van der Waals surface area contributed by atoms with Crippen molar-refractivity contribution in [2.45, 2.75) is 38.8 Å². The predicted molar refractivity (Wildman–Crippen MR) is 77.6 cm³/mol. The third kappa shape index (κ3) is 2.85. The van der Waals surface area contributed by atoms with Crippen molar-refractivity contribution in [3.8, 4) is 0 Å². The van der Waals surface area contributed by atoms with Gasteiger partial charge in [0.05, 0.1) is 19.1 Å². The van der Waals surface area contributed by atoms with Gasteiger partial charge in [-0.2, -0.15) is 0 Å². The number of piperazine rings is 1. The highest BCUT2D eigenvalue weighted by molar-refractivity contribution is 5.76. The molecule has 0 aromatic heterocycles. The number of carbonyl (C=O) groups excluding carboxylic acids is 1. The third-order valence-corrected chi connectivity index (χ3v) is 5.09. The molecule has 1 atom stereocenters. The molecule has 0 saturated carbocycles. The summed E-state index contributed by atoms with van der Waals surface area (Å²) in [7, 11) is 0. The Hall–Kier alpha value is -0.650. The average Bonchev–Trinajstić information content (AvgIpc) is 2.83. The highest BCUT2D eigenvalue weighted by Gasteiger charge is 2.45. The van der Waals surface area contributed by atoms with Gasteiger partial charge in [0.15, 0.2) is 0 Å². The lowest BCUT2D eigenvalue weighted by Crippen LogP contribution is -2.54. The van der Waals surface area contributed by atoms with Gasteiger partial charge in [-0.25, -0.2) is 0 Å². The standard InChI is InChI=1S/C15H27N3O2/c1-12(2)17-3-5-18(6-4-17)14(19)7-13-8-15(11-20-13)9-16-10-15/h12-13,16H,3-11H2,1-2H3. The molecular weight excluding hydrogens is 254 g/mol. The van der Waals surface area contributed by atoms with Crippen LogP contribution in [0.3, 0.4) is 0 Å². The Morgan fingerprint density at radius 3 is 2.50 bits per heavy atom. The van der Waals surface area contributed by atoms with E-state index < -0.39 is 0 Å². The Balaban J connectivity index is 1.44. The molecule has 3 rings (SSSR count). The lowest BCUT2D eigenvalue weighted by molar-refractivity contribution is -0.135. The van der Waals surface area contributed by atoms with Crippen LogP contribution in [0.25, 0.3) is 0 Å². The van der Waals surface area contributed by atoms with Gasteiger partial charge in [-0.3, -0.25) is 9.69 Å². The maximum atomic E-state index is 12.4. The minimum Gasteiger partial charge on any atom is -0.377 e. The number of nitrogens with zero attached hydrogens (tertiary/aromatic N) is 2. The summed E-state index contributed by atoms with van der Waals surface area (Å²) in [6.07, 6.45) is 1.77. The molecule has 0 aliphatic carbocycles. The van der Waals surface area contributed by atoms with Crippen molar-refractivity contribution in [1.29, 1.82) is 0 Å². The van der Waals surface area contributed by atoms with E-state index in [4.69, 9.17) is 4.74 Å². The molecule has 3 heterocycles. The highest BCUT2D eigenvalue weighted by Crippen LogP contribution is 2.37. The first-order chi connectivity index (χ1) is 9.58. The summed E-state index contributed by atoms with van der Waals surface area (Å²) in [6.45, 7) is 11.1. The molecule has 3 aliphatic rings. The van der Waals surface area contributed by atoms with Crippen LogP contribution in [0.15, 0.2) is 0 Å². The SMILES string of the molecule is CC(C)N1CCN(C(=O)CC2CC3(CNC3)CO2)CC1. The Bertz CT molecular complexity index is 360. The monoisotopic (exact) mass is 281 g/mol. The number of hydrogen-bond donors (Lipinski definition) is 1. The molecule has 3 aliphatic heterocycles. The number of nitrogens with one attached hydrogen (secondary N) is 1. The second-order valence-corrected chi connectivity index (χ2v) is 6.96. The molecule has 0 aromatic carbocycles. The van der Waals surface area contributed by atoms with Gasteiger partial charge in [-0.05, 0) is 20.3 Å². The van der Waals surface area contributed by atoms with Gasteiger partial charge in [0.2, 0.25) is 5.91 Å². The van der Waals surface area contributed by atoms with Gasteiger partial charge in [0.1, 0.15) is 0 Å². The van der Waals surface area contributed by atoms with Crippen molar-refractivity contribution in [2.24, 2.45) is 5.41 Å². The smallest absolute Gasteiger partial charge is 0.225 e. The van der Waals surface area contributed by atoms with E-state index in [2.05, 4.69) is 24.1 Å². The molecule has 1 unspecified atom stereocenters. The van der Waals surface area contributed by atoms with Crippen LogP contribution in [0, 0.1) is 5.41 Å². The highest BCUT2D eigenvalue weighted by atomic mass is 16.5. The maximum absolute atomic E-state index is 12.4. The Labute approximate surface area is 121 Å². The van der Waals surface area contributed by atoms with Crippen LogP contribution in [-0.2, 0) is 9.53 Å². The molecule has 1 N–H and O–H groups in total. The zero-order chi connectivity index (χ0) is 14.2. The molecule has 5 heteroatoms. The van der Waals surface area contributed by atoms with Crippen LogP contribution in [0.2, 0.25) is 0 Å². The van der Waals surface area contributed by atoms with Crippen molar-refractivity contribution in [1.82, 2.24) is 15.1 Å². The van der Waals surface area contributed by atoms with Crippen molar-refractivity contribution < 1.29 is 9.53 Å². The number of hydrogen-bond acceptors (Lipinski definition) is 4. The van der Waals surface area contributed by atoms with Crippen molar-refractivity contribution in [2.75, 3.05) is 45.9 Å². The van der Waals surface area contributed by atoms with Gasteiger partial charge < -0.3 is 15.0 Å². The van der Waals surface area contributed by atoms with E-state index in [9.17, 15) is 4.79 Å². The Kier molecular flexibility index (Phi) is 4.02. The topological polar surface area (TPSA) is 44.8 Å². The first-order valence-electron chi connectivity index (χ1n) is 7.92. The van der Waals surface area contributed by atoms with E-state index in [1.807, 2.05) is 4.90 Å². The molecule has 3 saturated heterocycles. The summed E-state index contributed by atoms with van der Waals surface area (Å²) in [6, 6.07) is 0.580. The van der Waals surface area contributed by atoms with Gasteiger partial charge >= 0.3 is 0 Å². The molecule has 5 nitrogen and oxygen atoms in total. The van der Waals surface area contributed by atoms with Crippen molar-refractivity contribution in [3.63, 3.8) is 0 Å². The van der Waals surface area contributed by atoms with Crippen LogP contribution in [0.5, 0.6) is 0 Å². The van der Waals surface area contributed by atoms with Crippen molar-refractivity contribution >= 4 is 5.91 Å². The van der Waals surface area contributed by atoms with E-state index in [-0.39, 0.29) is 12.0 Å². The minimum absolute atomic E-state index is 0.146. The summed E-state index contributed by atoms with van der Waals surface area (Å²) >= 11 is 0. The first-order valence-corrected chi connectivity index (χ1v) is 7.92. The number of ether oxygens (including phenoxy) is 1. The van der Waals surface area contributed by atoms with E-state index in [1.54, 1.807) is 0 Å². The van der Waals surface area contributed by atoms with E-state index in [1.165, 1.54) is 0 Å². The largest absolute Gasteiger partial charge is 0.377 e. The minimum atomic E-state index is 0.146. The molecular formula is C15H27N3O2. The molecule has 3 fully saturated rings. The number of rotatable bonds is 3. The van der Waals surface area contributed by atoms with Crippen LogP contribution in [0.4, 0.5) is 0 Å². The molecule has 0 radical (unpaired) electrons. The fraction of sp³-hybridized carbons (Fsp3) is 0.933.